The van der Waals surface area contributed by atoms with Crippen LogP contribution in [0.15, 0.2) is 54.6 Å². The first kappa shape index (κ1) is 26.6. The Balaban J connectivity index is 1.32. The first-order valence-electron chi connectivity index (χ1n) is 12.9. The molecule has 1 atom stereocenters. The molecule has 2 aliphatic heterocycles. The highest BCUT2D eigenvalue weighted by molar-refractivity contribution is 7.90. The predicted octanol–water partition coefficient (Wildman–Crippen LogP) is 3.97. The fourth-order valence-corrected chi connectivity index (χ4v) is 6.21. The summed E-state index contributed by atoms with van der Waals surface area (Å²) in [5.74, 6) is 1.06. The molecule has 196 valence electrons. The standard InChI is InChI=1S/C28H39N3O4S/c1-22(2)36(33,34)29-26(24-7-5-4-6-8-24)13-16-30-17-14-28(15-18-30)19-27(32)31(21-28)20-23-9-11-25(35-3)12-10-23/h4-12,22,26,29H,13-21H2,1-3H3/t26-/m0/s1. The van der Waals surface area contributed by atoms with Crippen molar-refractivity contribution >= 4 is 15.9 Å². The third-order valence-corrected chi connectivity index (χ3v) is 9.57. The second-order valence-electron chi connectivity index (χ2n) is 10.6. The Morgan fingerprint density at radius 1 is 1.03 bits per heavy atom. The van der Waals surface area contributed by atoms with Crippen molar-refractivity contribution in [2.45, 2.75) is 57.4 Å². The number of piperidine rings is 1. The summed E-state index contributed by atoms with van der Waals surface area (Å²) in [6.45, 7) is 7.55. The van der Waals surface area contributed by atoms with Gasteiger partial charge in [0.2, 0.25) is 15.9 Å². The van der Waals surface area contributed by atoms with E-state index in [2.05, 4.69) is 9.62 Å². The molecule has 0 saturated carbocycles. The van der Waals surface area contributed by atoms with Crippen molar-refractivity contribution in [3.63, 3.8) is 0 Å². The predicted molar refractivity (Wildman–Crippen MR) is 142 cm³/mol. The molecule has 2 aromatic rings. The zero-order valence-corrected chi connectivity index (χ0v) is 22.5. The van der Waals surface area contributed by atoms with Crippen molar-refractivity contribution in [1.29, 1.82) is 0 Å². The molecule has 2 aromatic carbocycles. The van der Waals surface area contributed by atoms with Crippen LogP contribution in [0.5, 0.6) is 5.75 Å². The van der Waals surface area contributed by atoms with Gasteiger partial charge in [-0.1, -0.05) is 42.5 Å². The number of rotatable bonds is 10. The average Bonchev–Trinajstić information content (AvgIpc) is 3.17. The van der Waals surface area contributed by atoms with Crippen LogP contribution < -0.4 is 9.46 Å². The molecule has 1 amide bonds. The van der Waals surface area contributed by atoms with Gasteiger partial charge in [-0.3, -0.25) is 4.79 Å². The maximum atomic E-state index is 12.8. The van der Waals surface area contributed by atoms with E-state index in [1.54, 1.807) is 21.0 Å². The van der Waals surface area contributed by atoms with Gasteiger partial charge in [0, 0.05) is 25.6 Å². The van der Waals surface area contributed by atoms with Crippen LogP contribution in [0, 0.1) is 5.41 Å². The van der Waals surface area contributed by atoms with Gasteiger partial charge < -0.3 is 14.5 Å². The summed E-state index contributed by atoms with van der Waals surface area (Å²) >= 11 is 0. The zero-order chi connectivity index (χ0) is 25.8. The van der Waals surface area contributed by atoms with E-state index in [0.29, 0.717) is 19.4 Å². The van der Waals surface area contributed by atoms with E-state index in [1.807, 2.05) is 59.5 Å². The third-order valence-electron chi connectivity index (χ3n) is 7.72. The SMILES string of the molecule is COc1ccc(CN2CC3(CCN(CC[C@H](NS(=O)(=O)C(C)C)c4ccccc4)CC3)CC2=O)cc1. The molecule has 0 aromatic heterocycles. The number of carbonyl (C=O) groups excluding carboxylic acids is 1. The summed E-state index contributed by atoms with van der Waals surface area (Å²) in [5, 5.41) is -0.473. The van der Waals surface area contributed by atoms with Crippen molar-refractivity contribution in [2.24, 2.45) is 5.41 Å². The molecule has 2 aliphatic rings. The smallest absolute Gasteiger partial charge is 0.223 e. The maximum Gasteiger partial charge on any atom is 0.223 e. The number of sulfonamides is 1. The minimum Gasteiger partial charge on any atom is -0.497 e. The highest BCUT2D eigenvalue weighted by Crippen LogP contribution is 2.41. The highest BCUT2D eigenvalue weighted by atomic mass is 32.2. The first-order valence-corrected chi connectivity index (χ1v) is 14.4. The van der Waals surface area contributed by atoms with Gasteiger partial charge in [-0.05, 0) is 81.4 Å². The highest BCUT2D eigenvalue weighted by Gasteiger charge is 2.44. The molecule has 7 nitrogen and oxygen atoms in total. The molecular weight excluding hydrogens is 474 g/mol. The van der Waals surface area contributed by atoms with E-state index in [4.69, 9.17) is 4.74 Å². The number of amides is 1. The van der Waals surface area contributed by atoms with Gasteiger partial charge in [0.05, 0.1) is 12.4 Å². The van der Waals surface area contributed by atoms with E-state index >= 15 is 0 Å². The van der Waals surface area contributed by atoms with Crippen LogP contribution in [0.1, 0.15) is 56.7 Å². The monoisotopic (exact) mass is 513 g/mol. The molecule has 8 heteroatoms. The number of hydrogen-bond donors (Lipinski definition) is 1. The number of likely N-dealkylation sites (tertiary alicyclic amines) is 2. The van der Waals surface area contributed by atoms with Gasteiger partial charge in [0.1, 0.15) is 5.75 Å². The Bertz CT molecular complexity index is 1110. The molecule has 0 radical (unpaired) electrons. The molecule has 2 saturated heterocycles. The number of nitrogens with zero attached hydrogens (tertiary/aromatic N) is 2. The Hall–Kier alpha value is -2.42. The summed E-state index contributed by atoms with van der Waals surface area (Å²) in [6, 6.07) is 17.5. The lowest BCUT2D eigenvalue weighted by atomic mass is 9.77. The van der Waals surface area contributed by atoms with Crippen LogP contribution in [-0.2, 0) is 21.4 Å². The molecule has 0 bridgehead atoms. The van der Waals surface area contributed by atoms with Crippen LogP contribution >= 0.6 is 0 Å². The third kappa shape index (κ3) is 6.47. The molecule has 0 aliphatic carbocycles. The van der Waals surface area contributed by atoms with Gasteiger partial charge in [0.15, 0.2) is 0 Å². The van der Waals surface area contributed by atoms with Gasteiger partial charge in [-0.2, -0.15) is 0 Å². The molecule has 0 unspecified atom stereocenters. The molecule has 36 heavy (non-hydrogen) atoms. The van der Waals surface area contributed by atoms with E-state index in [9.17, 15) is 13.2 Å². The number of benzene rings is 2. The van der Waals surface area contributed by atoms with Crippen molar-refractivity contribution in [3.8, 4) is 5.75 Å². The summed E-state index contributed by atoms with van der Waals surface area (Å²) < 4.78 is 33.3. The van der Waals surface area contributed by atoms with Crippen LogP contribution in [0.25, 0.3) is 0 Å². The van der Waals surface area contributed by atoms with Crippen molar-refractivity contribution < 1.29 is 17.9 Å². The number of nitrogens with one attached hydrogen (secondary N) is 1. The Morgan fingerprint density at radius 2 is 1.69 bits per heavy atom. The quantitative estimate of drug-likeness (QED) is 0.520. The maximum absolute atomic E-state index is 12.8. The van der Waals surface area contributed by atoms with Crippen molar-refractivity contribution in [3.05, 3.63) is 65.7 Å². The second-order valence-corrected chi connectivity index (χ2v) is 12.8. The molecule has 4 rings (SSSR count). The molecule has 2 fully saturated rings. The fraction of sp³-hybridized carbons (Fsp3) is 0.536. The minimum absolute atomic E-state index is 0.0537. The molecule has 1 spiro atoms. The van der Waals surface area contributed by atoms with E-state index in [1.165, 1.54) is 0 Å². The lowest BCUT2D eigenvalue weighted by Crippen LogP contribution is -2.43. The average molecular weight is 514 g/mol. The molecule has 2 heterocycles. The van der Waals surface area contributed by atoms with Crippen molar-refractivity contribution in [1.82, 2.24) is 14.5 Å². The fourth-order valence-electron chi connectivity index (χ4n) is 5.29. The zero-order valence-electron chi connectivity index (χ0n) is 21.7. The van der Waals surface area contributed by atoms with E-state index in [-0.39, 0.29) is 17.4 Å². The van der Waals surface area contributed by atoms with Gasteiger partial charge in [-0.25, -0.2) is 13.1 Å². The summed E-state index contributed by atoms with van der Waals surface area (Å²) in [5.41, 5.74) is 2.16. The Labute approximate surface area is 215 Å². The van der Waals surface area contributed by atoms with Crippen LogP contribution in [0.3, 0.4) is 0 Å². The number of methoxy groups -OCH3 is 1. The summed E-state index contributed by atoms with van der Waals surface area (Å²) in [4.78, 5) is 17.3. The molecule has 1 N–H and O–H groups in total. The van der Waals surface area contributed by atoms with E-state index in [0.717, 1.165) is 55.9 Å². The second kappa shape index (κ2) is 11.3. The largest absolute Gasteiger partial charge is 0.497 e. The summed E-state index contributed by atoms with van der Waals surface area (Å²) in [6.07, 6.45) is 3.32. The minimum atomic E-state index is -3.38. The Kier molecular flexibility index (Phi) is 8.37. The topological polar surface area (TPSA) is 79.0 Å². The lowest BCUT2D eigenvalue weighted by molar-refractivity contribution is -0.128. The van der Waals surface area contributed by atoms with Crippen LogP contribution in [0.4, 0.5) is 0 Å². The van der Waals surface area contributed by atoms with Crippen molar-refractivity contribution in [2.75, 3.05) is 33.3 Å². The first-order chi connectivity index (χ1) is 17.2. The lowest BCUT2D eigenvalue weighted by Gasteiger charge is -2.39. The van der Waals surface area contributed by atoms with Crippen LogP contribution in [-0.4, -0.2) is 62.7 Å². The van der Waals surface area contributed by atoms with Gasteiger partial charge >= 0.3 is 0 Å². The number of carbonyl (C=O) groups is 1. The summed E-state index contributed by atoms with van der Waals surface area (Å²) in [7, 11) is -1.72. The molecular formula is C28H39N3O4S. The number of hydrogen-bond acceptors (Lipinski definition) is 5. The normalized spacial score (nSPS) is 19.2. The van der Waals surface area contributed by atoms with Gasteiger partial charge in [-0.15, -0.1) is 0 Å². The number of ether oxygens (including phenoxy) is 1. The van der Waals surface area contributed by atoms with Crippen LogP contribution in [0.2, 0.25) is 0 Å². The van der Waals surface area contributed by atoms with Gasteiger partial charge in [0.25, 0.3) is 0 Å². The Morgan fingerprint density at radius 3 is 2.31 bits per heavy atom. The van der Waals surface area contributed by atoms with E-state index < -0.39 is 15.3 Å².